The fourth-order valence-corrected chi connectivity index (χ4v) is 3.97. The lowest BCUT2D eigenvalue weighted by atomic mass is 10.3. The predicted octanol–water partition coefficient (Wildman–Crippen LogP) is 0.297. The molecule has 6 nitrogen and oxygen atoms in total. The van der Waals surface area contributed by atoms with Gasteiger partial charge in [-0.1, -0.05) is 0 Å². The van der Waals surface area contributed by atoms with Crippen LogP contribution in [0.25, 0.3) is 0 Å². The van der Waals surface area contributed by atoms with E-state index < -0.39 is 10.0 Å². The van der Waals surface area contributed by atoms with Crippen molar-refractivity contribution in [3.05, 3.63) is 0 Å². The van der Waals surface area contributed by atoms with E-state index in [1.54, 1.807) is 4.31 Å². The van der Waals surface area contributed by atoms with Gasteiger partial charge in [-0.2, -0.15) is 4.31 Å². The average molecular weight is 304 g/mol. The van der Waals surface area contributed by atoms with Crippen LogP contribution in [-0.4, -0.2) is 69.2 Å². The summed E-state index contributed by atoms with van der Waals surface area (Å²) in [7, 11) is -1.91. The van der Waals surface area contributed by atoms with Crippen molar-refractivity contribution in [3.63, 3.8) is 0 Å². The number of carbonyl (C=O) groups excluding carboxylic acids is 1. The maximum absolute atomic E-state index is 12.2. The molecular formula is C13H24N2O4S. The molecule has 20 heavy (non-hydrogen) atoms. The molecule has 0 spiro atoms. The molecule has 2 fully saturated rings. The van der Waals surface area contributed by atoms with Crippen molar-refractivity contribution in [2.24, 2.45) is 5.92 Å². The molecule has 116 valence electrons. The summed E-state index contributed by atoms with van der Waals surface area (Å²) in [5.74, 6) is 0.526. The normalized spacial score (nSPS) is 21.9. The summed E-state index contributed by atoms with van der Waals surface area (Å²) in [6.45, 7) is 3.93. The third kappa shape index (κ3) is 4.71. The molecular weight excluding hydrogens is 280 g/mol. The number of hydrogen-bond donors (Lipinski definition) is 0. The molecule has 2 rings (SSSR count). The second-order valence-corrected chi connectivity index (χ2v) is 7.73. The maximum atomic E-state index is 12.2. The van der Waals surface area contributed by atoms with Gasteiger partial charge in [-0.15, -0.1) is 0 Å². The van der Waals surface area contributed by atoms with Gasteiger partial charge in [0.15, 0.2) is 0 Å². The first-order chi connectivity index (χ1) is 9.51. The lowest BCUT2D eigenvalue weighted by Gasteiger charge is -2.34. The van der Waals surface area contributed by atoms with Crippen LogP contribution in [0.5, 0.6) is 0 Å². The Morgan fingerprint density at radius 3 is 2.40 bits per heavy atom. The first kappa shape index (κ1) is 15.7. The highest BCUT2D eigenvalue weighted by Crippen LogP contribution is 2.30. The molecule has 0 aromatic heterocycles. The summed E-state index contributed by atoms with van der Waals surface area (Å²) >= 11 is 0. The Bertz CT molecular complexity index is 426. The van der Waals surface area contributed by atoms with E-state index >= 15 is 0 Å². The topological polar surface area (TPSA) is 66.9 Å². The van der Waals surface area contributed by atoms with Gasteiger partial charge in [-0.25, -0.2) is 8.42 Å². The number of piperazine rings is 1. The van der Waals surface area contributed by atoms with Crippen LogP contribution in [0.4, 0.5) is 0 Å². The van der Waals surface area contributed by atoms with Crippen molar-refractivity contribution < 1.29 is 17.9 Å². The van der Waals surface area contributed by atoms with Crippen molar-refractivity contribution in [1.82, 2.24) is 9.21 Å². The Kier molecular flexibility index (Phi) is 5.40. The van der Waals surface area contributed by atoms with Crippen LogP contribution in [0.2, 0.25) is 0 Å². The largest absolute Gasteiger partial charge is 0.469 e. The minimum absolute atomic E-state index is 0.0325. The third-order valence-corrected chi connectivity index (χ3v) is 5.91. The molecule has 0 bridgehead atoms. The van der Waals surface area contributed by atoms with Crippen molar-refractivity contribution in [3.8, 4) is 0 Å². The molecule has 0 aromatic carbocycles. The van der Waals surface area contributed by atoms with Gasteiger partial charge in [0.1, 0.15) is 0 Å². The van der Waals surface area contributed by atoms with Crippen LogP contribution in [0.15, 0.2) is 0 Å². The van der Waals surface area contributed by atoms with E-state index in [9.17, 15) is 13.2 Å². The second kappa shape index (κ2) is 6.87. The Morgan fingerprint density at radius 1 is 1.20 bits per heavy atom. The molecule has 1 aliphatic carbocycles. The van der Waals surface area contributed by atoms with Crippen molar-refractivity contribution in [2.75, 3.05) is 45.6 Å². The van der Waals surface area contributed by atoms with E-state index in [0.29, 0.717) is 19.5 Å². The lowest BCUT2D eigenvalue weighted by molar-refractivity contribution is -0.140. The van der Waals surface area contributed by atoms with E-state index in [1.165, 1.54) is 20.0 Å². The fraction of sp³-hybridized carbons (Fsp3) is 0.923. The molecule has 7 heteroatoms. The van der Waals surface area contributed by atoms with E-state index in [1.807, 2.05) is 0 Å². The molecule has 1 saturated heterocycles. The number of carbonyl (C=O) groups is 1. The van der Waals surface area contributed by atoms with E-state index in [-0.39, 0.29) is 18.1 Å². The second-order valence-electron chi connectivity index (χ2n) is 5.64. The molecule has 1 aliphatic heterocycles. The Balaban J connectivity index is 1.71. The van der Waals surface area contributed by atoms with Crippen molar-refractivity contribution >= 4 is 16.0 Å². The quantitative estimate of drug-likeness (QED) is 0.633. The molecule has 0 radical (unpaired) electrons. The van der Waals surface area contributed by atoms with Crippen LogP contribution < -0.4 is 0 Å². The highest BCUT2D eigenvalue weighted by Gasteiger charge is 2.30. The highest BCUT2D eigenvalue weighted by molar-refractivity contribution is 7.89. The number of methoxy groups -OCH3 is 1. The summed E-state index contributed by atoms with van der Waals surface area (Å²) in [4.78, 5) is 13.3. The SMILES string of the molecule is COC(=O)CCCS(=O)(=O)N1CCN(CC2CC2)CC1. The summed E-state index contributed by atoms with van der Waals surface area (Å²) in [6.07, 6.45) is 3.15. The van der Waals surface area contributed by atoms with Gasteiger partial charge in [0.05, 0.1) is 12.9 Å². The average Bonchev–Trinajstić information content (AvgIpc) is 3.23. The van der Waals surface area contributed by atoms with Gasteiger partial charge in [0, 0.05) is 39.1 Å². The first-order valence-corrected chi connectivity index (χ1v) is 8.89. The van der Waals surface area contributed by atoms with Crippen LogP contribution in [0.3, 0.4) is 0 Å². The zero-order valence-electron chi connectivity index (χ0n) is 12.1. The Morgan fingerprint density at radius 2 is 1.85 bits per heavy atom. The molecule has 0 atom stereocenters. The summed E-state index contributed by atoms with van der Waals surface area (Å²) in [6, 6.07) is 0. The van der Waals surface area contributed by atoms with Gasteiger partial charge in [-0.3, -0.25) is 4.79 Å². The van der Waals surface area contributed by atoms with Gasteiger partial charge < -0.3 is 9.64 Å². The Hall–Kier alpha value is -0.660. The Labute approximate surface area is 121 Å². The highest BCUT2D eigenvalue weighted by atomic mass is 32.2. The molecule has 0 amide bonds. The monoisotopic (exact) mass is 304 g/mol. The fourth-order valence-electron chi connectivity index (χ4n) is 2.49. The van der Waals surface area contributed by atoms with E-state index in [4.69, 9.17) is 0 Å². The van der Waals surface area contributed by atoms with Gasteiger partial charge in [0.25, 0.3) is 0 Å². The number of hydrogen-bond acceptors (Lipinski definition) is 5. The van der Waals surface area contributed by atoms with Crippen LogP contribution >= 0.6 is 0 Å². The number of ether oxygens (including phenoxy) is 1. The molecule has 1 saturated carbocycles. The third-order valence-electron chi connectivity index (χ3n) is 3.95. The maximum Gasteiger partial charge on any atom is 0.305 e. The molecule has 0 N–H and O–H groups in total. The number of rotatable bonds is 7. The van der Waals surface area contributed by atoms with Crippen molar-refractivity contribution in [2.45, 2.75) is 25.7 Å². The van der Waals surface area contributed by atoms with Crippen LogP contribution in [-0.2, 0) is 19.6 Å². The number of sulfonamides is 1. The summed E-state index contributed by atoms with van der Waals surface area (Å²) in [5, 5.41) is 0. The number of esters is 1. The molecule has 0 unspecified atom stereocenters. The minimum Gasteiger partial charge on any atom is -0.469 e. The first-order valence-electron chi connectivity index (χ1n) is 7.28. The smallest absolute Gasteiger partial charge is 0.305 e. The zero-order chi connectivity index (χ0) is 14.6. The minimum atomic E-state index is -3.22. The predicted molar refractivity (Wildman–Crippen MR) is 75.8 cm³/mol. The molecule has 2 aliphatic rings. The zero-order valence-corrected chi connectivity index (χ0v) is 12.9. The number of nitrogens with zero attached hydrogens (tertiary/aromatic N) is 2. The molecule has 1 heterocycles. The molecule has 0 aromatic rings. The van der Waals surface area contributed by atoms with E-state index in [0.717, 1.165) is 25.6 Å². The van der Waals surface area contributed by atoms with Gasteiger partial charge in [-0.05, 0) is 25.2 Å². The van der Waals surface area contributed by atoms with E-state index in [2.05, 4.69) is 9.64 Å². The summed E-state index contributed by atoms with van der Waals surface area (Å²) in [5.41, 5.74) is 0. The summed E-state index contributed by atoms with van der Waals surface area (Å²) < 4.78 is 30.4. The van der Waals surface area contributed by atoms with Crippen molar-refractivity contribution in [1.29, 1.82) is 0 Å². The lowest BCUT2D eigenvalue weighted by Crippen LogP contribution is -2.49. The standard InChI is InChI=1S/C13H24N2O4S/c1-19-13(16)3-2-10-20(17,18)15-8-6-14(7-9-15)11-12-4-5-12/h12H,2-11H2,1H3. The van der Waals surface area contributed by atoms with Crippen LogP contribution in [0.1, 0.15) is 25.7 Å². The van der Waals surface area contributed by atoms with Gasteiger partial charge >= 0.3 is 5.97 Å². The van der Waals surface area contributed by atoms with Gasteiger partial charge in [0.2, 0.25) is 10.0 Å². The van der Waals surface area contributed by atoms with Crippen LogP contribution in [0, 0.1) is 5.92 Å².